The molecule has 0 bridgehead atoms. The fourth-order valence-electron chi connectivity index (χ4n) is 1.81. The summed E-state index contributed by atoms with van der Waals surface area (Å²) < 4.78 is 5.09. The molecule has 17 heavy (non-hydrogen) atoms. The van der Waals surface area contributed by atoms with Gasteiger partial charge in [-0.05, 0) is 24.5 Å². The second-order valence-electron chi connectivity index (χ2n) is 3.86. The number of rotatable bonds is 5. The molecule has 1 rings (SSSR count). The van der Waals surface area contributed by atoms with Gasteiger partial charge < -0.3 is 4.74 Å². The van der Waals surface area contributed by atoms with Crippen LogP contribution in [0.2, 0.25) is 0 Å². The molecule has 0 radical (unpaired) electrons. The minimum Gasteiger partial charge on any atom is -0.495 e. The lowest BCUT2D eigenvalue weighted by Crippen LogP contribution is -1.98. The Bertz CT molecular complexity index is 466. The molecule has 0 heterocycles. The molecule has 0 fully saturated rings. The van der Waals surface area contributed by atoms with Crippen molar-refractivity contribution < 1.29 is 4.74 Å². The maximum atomic E-state index is 9.15. The number of nitriles is 2. The molecule has 0 aliphatic rings. The first-order valence-corrected chi connectivity index (χ1v) is 5.78. The Labute approximate surface area is 102 Å². The normalized spacial score (nSPS) is 9.41. The summed E-state index contributed by atoms with van der Waals surface area (Å²) in [7, 11) is 1.51. The number of methoxy groups -OCH3 is 1. The van der Waals surface area contributed by atoms with Gasteiger partial charge in [0.1, 0.15) is 23.5 Å². The number of benzene rings is 1. The predicted octanol–water partition coefficient (Wildman–Crippen LogP) is 3.17. The van der Waals surface area contributed by atoms with Gasteiger partial charge in [-0.1, -0.05) is 25.8 Å². The number of nitrogens with zero attached hydrogens (tertiary/aromatic N) is 2. The molecule has 3 nitrogen and oxygen atoms in total. The summed E-state index contributed by atoms with van der Waals surface area (Å²) in [6, 6.07) is 7.81. The summed E-state index contributed by atoms with van der Waals surface area (Å²) in [4.78, 5) is 0. The lowest BCUT2D eigenvalue weighted by Gasteiger charge is -2.08. The zero-order valence-corrected chi connectivity index (χ0v) is 10.3. The molecule has 0 N–H and O–H groups in total. The molecule has 1 aromatic rings. The largest absolute Gasteiger partial charge is 0.495 e. The first kappa shape index (κ1) is 13.1. The van der Waals surface area contributed by atoms with Crippen LogP contribution in [0.3, 0.4) is 0 Å². The minimum atomic E-state index is 0.351. The monoisotopic (exact) mass is 228 g/mol. The molecular formula is C14H16N2O. The topological polar surface area (TPSA) is 56.8 Å². The van der Waals surface area contributed by atoms with Gasteiger partial charge in [0.25, 0.3) is 0 Å². The van der Waals surface area contributed by atoms with Crippen LogP contribution in [0, 0.1) is 22.7 Å². The van der Waals surface area contributed by atoms with Gasteiger partial charge in [-0.25, -0.2) is 0 Å². The Kier molecular flexibility index (Phi) is 5.04. The van der Waals surface area contributed by atoms with Crippen molar-refractivity contribution in [2.75, 3.05) is 7.11 Å². The van der Waals surface area contributed by atoms with Crippen LogP contribution >= 0.6 is 0 Å². The van der Waals surface area contributed by atoms with E-state index in [9.17, 15) is 0 Å². The van der Waals surface area contributed by atoms with E-state index in [4.69, 9.17) is 15.3 Å². The van der Waals surface area contributed by atoms with Crippen LogP contribution in [0.15, 0.2) is 12.1 Å². The lowest BCUT2D eigenvalue weighted by atomic mass is 9.97. The van der Waals surface area contributed by atoms with E-state index >= 15 is 0 Å². The SMILES string of the molecule is CCCCCc1ccc(OC)c(C#N)c1C#N. The highest BCUT2D eigenvalue weighted by Gasteiger charge is 2.13. The Morgan fingerprint density at radius 2 is 1.82 bits per heavy atom. The molecule has 3 heteroatoms. The van der Waals surface area contributed by atoms with Crippen LogP contribution in [0.4, 0.5) is 0 Å². The third-order valence-electron chi connectivity index (χ3n) is 2.75. The molecule has 0 spiro atoms. The second kappa shape index (κ2) is 6.55. The minimum absolute atomic E-state index is 0.351. The van der Waals surface area contributed by atoms with Gasteiger partial charge in [0, 0.05) is 0 Å². The van der Waals surface area contributed by atoms with E-state index in [1.54, 1.807) is 6.07 Å². The van der Waals surface area contributed by atoms with Gasteiger partial charge in [-0.15, -0.1) is 0 Å². The third-order valence-corrected chi connectivity index (χ3v) is 2.75. The van der Waals surface area contributed by atoms with Crippen LogP contribution in [-0.2, 0) is 6.42 Å². The summed E-state index contributed by atoms with van der Waals surface area (Å²) in [6.45, 7) is 2.14. The van der Waals surface area contributed by atoms with E-state index in [-0.39, 0.29) is 0 Å². The smallest absolute Gasteiger partial charge is 0.137 e. The van der Waals surface area contributed by atoms with Gasteiger partial charge in [-0.2, -0.15) is 10.5 Å². The highest BCUT2D eigenvalue weighted by molar-refractivity contribution is 5.57. The van der Waals surface area contributed by atoms with Crippen LogP contribution < -0.4 is 4.74 Å². The first-order chi connectivity index (χ1) is 8.28. The molecule has 0 amide bonds. The van der Waals surface area contributed by atoms with Crippen LogP contribution in [-0.4, -0.2) is 7.11 Å². The Morgan fingerprint density at radius 3 is 2.35 bits per heavy atom. The van der Waals surface area contributed by atoms with E-state index in [1.165, 1.54) is 7.11 Å². The highest BCUT2D eigenvalue weighted by Crippen LogP contribution is 2.25. The Morgan fingerprint density at radius 1 is 1.12 bits per heavy atom. The van der Waals surface area contributed by atoms with Gasteiger partial charge in [-0.3, -0.25) is 0 Å². The summed E-state index contributed by atoms with van der Waals surface area (Å²) in [5.74, 6) is 0.475. The molecule has 0 unspecified atom stereocenters. The average molecular weight is 228 g/mol. The number of unbranched alkanes of at least 4 members (excludes halogenated alkanes) is 2. The molecule has 0 saturated heterocycles. The van der Waals surface area contributed by atoms with E-state index in [2.05, 4.69) is 13.0 Å². The molecule has 0 saturated carbocycles. The third kappa shape index (κ3) is 2.98. The van der Waals surface area contributed by atoms with Crippen molar-refractivity contribution >= 4 is 0 Å². The van der Waals surface area contributed by atoms with Gasteiger partial charge in [0.05, 0.1) is 12.7 Å². The van der Waals surface area contributed by atoms with E-state index in [0.29, 0.717) is 16.9 Å². The standard InChI is InChI=1S/C14H16N2O/c1-3-4-5-6-11-7-8-14(17-2)13(10-16)12(11)9-15/h7-8H,3-6H2,1-2H3. The van der Waals surface area contributed by atoms with Crippen molar-refractivity contribution in [1.29, 1.82) is 10.5 Å². The summed E-state index contributed by atoms with van der Waals surface area (Å²) in [5.41, 5.74) is 1.75. The second-order valence-corrected chi connectivity index (χ2v) is 3.86. The van der Waals surface area contributed by atoms with E-state index in [0.717, 1.165) is 31.2 Å². The molecule has 88 valence electrons. The van der Waals surface area contributed by atoms with Crippen molar-refractivity contribution in [2.24, 2.45) is 0 Å². The van der Waals surface area contributed by atoms with Gasteiger partial charge >= 0.3 is 0 Å². The molecule has 0 aromatic heterocycles. The fraction of sp³-hybridized carbons (Fsp3) is 0.429. The quantitative estimate of drug-likeness (QED) is 0.727. The van der Waals surface area contributed by atoms with Crippen LogP contribution in [0.25, 0.3) is 0 Å². The van der Waals surface area contributed by atoms with Crippen LogP contribution in [0.5, 0.6) is 5.75 Å². The number of ether oxygens (including phenoxy) is 1. The molecule has 1 aromatic carbocycles. The molecule has 0 aliphatic carbocycles. The maximum absolute atomic E-state index is 9.15. The van der Waals surface area contributed by atoms with E-state index < -0.39 is 0 Å². The predicted molar refractivity (Wildman–Crippen MR) is 65.7 cm³/mol. The fourth-order valence-corrected chi connectivity index (χ4v) is 1.81. The molecule has 0 atom stereocenters. The number of aryl methyl sites for hydroxylation is 1. The van der Waals surface area contributed by atoms with Crippen molar-refractivity contribution in [3.63, 3.8) is 0 Å². The summed E-state index contributed by atoms with van der Waals surface area (Å²) in [5, 5.41) is 18.2. The first-order valence-electron chi connectivity index (χ1n) is 5.78. The maximum Gasteiger partial charge on any atom is 0.137 e. The average Bonchev–Trinajstić information content (AvgIpc) is 2.38. The zero-order chi connectivity index (χ0) is 12.7. The lowest BCUT2D eigenvalue weighted by molar-refractivity contribution is 0.413. The Hall–Kier alpha value is -2.00. The molecule has 0 aliphatic heterocycles. The van der Waals surface area contributed by atoms with Crippen molar-refractivity contribution in [3.05, 3.63) is 28.8 Å². The summed E-state index contributed by atoms with van der Waals surface area (Å²) >= 11 is 0. The van der Waals surface area contributed by atoms with Crippen molar-refractivity contribution in [3.8, 4) is 17.9 Å². The van der Waals surface area contributed by atoms with Gasteiger partial charge in [0.2, 0.25) is 0 Å². The molecular weight excluding hydrogens is 212 g/mol. The Balaban J connectivity index is 3.08. The number of hydrogen-bond donors (Lipinski definition) is 0. The van der Waals surface area contributed by atoms with Crippen molar-refractivity contribution in [1.82, 2.24) is 0 Å². The number of hydrogen-bond acceptors (Lipinski definition) is 3. The van der Waals surface area contributed by atoms with Gasteiger partial charge in [0.15, 0.2) is 0 Å². The highest BCUT2D eigenvalue weighted by atomic mass is 16.5. The summed E-state index contributed by atoms with van der Waals surface area (Å²) in [6.07, 6.45) is 4.17. The zero-order valence-electron chi connectivity index (χ0n) is 10.3. The van der Waals surface area contributed by atoms with Crippen molar-refractivity contribution in [2.45, 2.75) is 32.6 Å². The van der Waals surface area contributed by atoms with Crippen LogP contribution in [0.1, 0.15) is 42.9 Å². The van der Waals surface area contributed by atoms with E-state index in [1.807, 2.05) is 12.1 Å².